The summed E-state index contributed by atoms with van der Waals surface area (Å²) in [6.07, 6.45) is 2.65. The molecule has 0 saturated heterocycles. The van der Waals surface area contributed by atoms with Crippen molar-refractivity contribution in [2.45, 2.75) is 19.9 Å². The molecule has 0 aliphatic carbocycles. The van der Waals surface area contributed by atoms with E-state index in [1.165, 1.54) is 11.5 Å². The van der Waals surface area contributed by atoms with Crippen molar-refractivity contribution in [2.75, 3.05) is 12.4 Å². The van der Waals surface area contributed by atoms with Crippen molar-refractivity contribution < 1.29 is 4.74 Å². The van der Waals surface area contributed by atoms with Crippen LogP contribution in [0.25, 0.3) is 0 Å². The molecule has 0 saturated carbocycles. The molecule has 2 heterocycles. The average molecular weight is 250 g/mol. The summed E-state index contributed by atoms with van der Waals surface area (Å²) < 4.78 is 9.20. The number of nitrogens with one attached hydrogen (secondary N) is 1. The molecule has 0 bridgehead atoms. The summed E-state index contributed by atoms with van der Waals surface area (Å²) in [7, 11) is 1.60. The maximum atomic E-state index is 5.00. The molecule has 0 atom stereocenters. The van der Waals surface area contributed by atoms with Gasteiger partial charge in [0.05, 0.1) is 7.11 Å². The third kappa shape index (κ3) is 3.13. The van der Waals surface area contributed by atoms with E-state index in [1.807, 2.05) is 19.1 Å². The molecule has 17 heavy (non-hydrogen) atoms. The molecule has 0 radical (unpaired) electrons. The number of hydrogen-bond acceptors (Lipinski definition) is 6. The van der Waals surface area contributed by atoms with E-state index in [4.69, 9.17) is 4.74 Å². The standard InChI is InChI=1S/C11H14N4OS/c1-3-9-14-11(17-15-9)13-7-8-4-5-10(16-2)12-6-8/h4-6H,3,7H2,1-2H3,(H,13,14,15). The first-order valence-corrected chi connectivity index (χ1v) is 6.14. The van der Waals surface area contributed by atoms with Crippen LogP contribution in [0.2, 0.25) is 0 Å². The number of hydrogen-bond donors (Lipinski definition) is 1. The van der Waals surface area contributed by atoms with Crippen molar-refractivity contribution in [2.24, 2.45) is 0 Å². The Morgan fingerprint density at radius 1 is 1.41 bits per heavy atom. The second-order valence-electron chi connectivity index (χ2n) is 3.43. The molecule has 0 aliphatic heterocycles. The number of rotatable bonds is 5. The van der Waals surface area contributed by atoms with E-state index in [0.29, 0.717) is 12.4 Å². The lowest BCUT2D eigenvalue weighted by molar-refractivity contribution is 0.397. The van der Waals surface area contributed by atoms with Gasteiger partial charge in [-0.25, -0.2) is 9.97 Å². The predicted octanol–water partition coefficient (Wildman–Crippen LogP) is 2.12. The maximum absolute atomic E-state index is 5.00. The zero-order valence-electron chi connectivity index (χ0n) is 9.80. The monoisotopic (exact) mass is 250 g/mol. The number of methoxy groups -OCH3 is 1. The first-order chi connectivity index (χ1) is 8.31. The van der Waals surface area contributed by atoms with Crippen LogP contribution in [0.5, 0.6) is 5.88 Å². The summed E-state index contributed by atoms with van der Waals surface area (Å²) in [6, 6.07) is 3.81. The van der Waals surface area contributed by atoms with Crippen molar-refractivity contribution in [1.82, 2.24) is 14.3 Å². The SMILES string of the molecule is CCc1nsc(NCc2ccc(OC)nc2)n1. The van der Waals surface area contributed by atoms with E-state index in [-0.39, 0.29) is 0 Å². The summed E-state index contributed by atoms with van der Waals surface area (Å²) >= 11 is 1.38. The molecule has 0 fully saturated rings. The Bertz CT molecular complexity index is 469. The van der Waals surface area contributed by atoms with Gasteiger partial charge in [-0.1, -0.05) is 13.0 Å². The van der Waals surface area contributed by atoms with Crippen LogP contribution in [0.3, 0.4) is 0 Å². The van der Waals surface area contributed by atoms with Gasteiger partial charge in [0.1, 0.15) is 5.82 Å². The fraction of sp³-hybridized carbons (Fsp3) is 0.364. The number of aromatic nitrogens is 3. The van der Waals surface area contributed by atoms with Gasteiger partial charge in [0.15, 0.2) is 0 Å². The Morgan fingerprint density at radius 3 is 2.88 bits per heavy atom. The summed E-state index contributed by atoms with van der Waals surface area (Å²) in [5.41, 5.74) is 1.08. The highest BCUT2D eigenvalue weighted by Crippen LogP contribution is 2.13. The highest BCUT2D eigenvalue weighted by Gasteiger charge is 2.01. The second-order valence-corrected chi connectivity index (χ2v) is 4.18. The zero-order chi connectivity index (χ0) is 12.1. The van der Waals surface area contributed by atoms with Crippen molar-refractivity contribution in [3.63, 3.8) is 0 Å². The quantitative estimate of drug-likeness (QED) is 0.880. The van der Waals surface area contributed by atoms with Gasteiger partial charge in [-0.3, -0.25) is 0 Å². The van der Waals surface area contributed by atoms with Gasteiger partial charge < -0.3 is 10.1 Å². The molecule has 90 valence electrons. The minimum absolute atomic E-state index is 0.623. The molecular formula is C11H14N4OS. The van der Waals surface area contributed by atoms with Crippen LogP contribution in [0, 0.1) is 0 Å². The zero-order valence-corrected chi connectivity index (χ0v) is 10.6. The van der Waals surface area contributed by atoms with Crippen LogP contribution >= 0.6 is 11.5 Å². The first kappa shape index (κ1) is 11.8. The molecule has 2 aromatic rings. The number of pyridine rings is 1. The Morgan fingerprint density at radius 2 is 2.29 bits per heavy atom. The predicted molar refractivity (Wildman–Crippen MR) is 67.4 cm³/mol. The Balaban J connectivity index is 1.92. The number of aryl methyl sites for hydroxylation is 1. The van der Waals surface area contributed by atoms with Crippen LogP contribution in [0.15, 0.2) is 18.3 Å². The first-order valence-electron chi connectivity index (χ1n) is 5.37. The summed E-state index contributed by atoms with van der Waals surface area (Å²) in [4.78, 5) is 8.46. The van der Waals surface area contributed by atoms with E-state index in [1.54, 1.807) is 13.3 Å². The van der Waals surface area contributed by atoms with Crippen LogP contribution in [-0.4, -0.2) is 21.5 Å². The van der Waals surface area contributed by atoms with Gasteiger partial charge in [0, 0.05) is 36.8 Å². The molecule has 2 rings (SSSR count). The van der Waals surface area contributed by atoms with Gasteiger partial charge in [0.25, 0.3) is 0 Å². The lowest BCUT2D eigenvalue weighted by Crippen LogP contribution is -2.00. The molecule has 0 aliphatic rings. The minimum atomic E-state index is 0.623. The average Bonchev–Trinajstić information content (AvgIpc) is 2.85. The van der Waals surface area contributed by atoms with E-state index in [9.17, 15) is 0 Å². The molecule has 5 nitrogen and oxygen atoms in total. The third-order valence-electron chi connectivity index (χ3n) is 2.23. The third-order valence-corrected chi connectivity index (χ3v) is 2.95. The smallest absolute Gasteiger partial charge is 0.212 e. The molecule has 6 heteroatoms. The summed E-state index contributed by atoms with van der Waals surface area (Å²) in [5, 5.41) is 4.06. The molecule has 2 aromatic heterocycles. The molecular weight excluding hydrogens is 236 g/mol. The highest BCUT2D eigenvalue weighted by atomic mass is 32.1. The lowest BCUT2D eigenvalue weighted by Gasteiger charge is -2.03. The Hall–Kier alpha value is -1.69. The largest absolute Gasteiger partial charge is 0.481 e. The van der Waals surface area contributed by atoms with Crippen molar-refractivity contribution in [3.8, 4) is 5.88 Å². The molecule has 0 unspecified atom stereocenters. The fourth-order valence-corrected chi connectivity index (χ4v) is 1.93. The molecule has 0 aromatic carbocycles. The van der Waals surface area contributed by atoms with Crippen LogP contribution in [-0.2, 0) is 13.0 Å². The number of ether oxygens (including phenoxy) is 1. The van der Waals surface area contributed by atoms with Crippen molar-refractivity contribution in [3.05, 3.63) is 29.7 Å². The molecule has 0 spiro atoms. The van der Waals surface area contributed by atoms with E-state index < -0.39 is 0 Å². The van der Waals surface area contributed by atoms with Crippen LogP contribution in [0.1, 0.15) is 18.3 Å². The van der Waals surface area contributed by atoms with Gasteiger partial charge >= 0.3 is 0 Å². The van der Waals surface area contributed by atoms with Crippen LogP contribution < -0.4 is 10.1 Å². The van der Waals surface area contributed by atoms with Crippen LogP contribution in [0.4, 0.5) is 5.13 Å². The highest BCUT2D eigenvalue weighted by molar-refractivity contribution is 7.09. The Kier molecular flexibility index (Phi) is 3.87. The van der Waals surface area contributed by atoms with Gasteiger partial charge in [-0.05, 0) is 5.56 Å². The normalized spacial score (nSPS) is 10.2. The van der Waals surface area contributed by atoms with E-state index in [2.05, 4.69) is 19.7 Å². The second kappa shape index (κ2) is 5.58. The van der Waals surface area contributed by atoms with Gasteiger partial charge in [-0.2, -0.15) is 4.37 Å². The molecule has 1 N–H and O–H groups in total. The van der Waals surface area contributed by atoms with E-state index in [0.717, 1.165) is 22.9 Å². The Labute approximate surface area is 104 Å². The summed E-state index contributed by atoms with van der Waals surface area (Å²) in [6.45, 7) is 2.73. The lowest BCUT2D eigenvalue weighted by atomic mass is 10.3. The topological polar surface area (TPSA) is 59.9 Å². The fourth-order valence-electron chi connectivity index (χ4n) is 1.28. The number of nitrogens with zero attached hydrogens (tertiary/aromatic N) is 3. The van der Waals surface area contributed by atoms with Gasteiger partial charge in [0.2, 0.25) is 11.0 Å². The van der Waals surface area contributed by atoms with Gasteiger partial charge in [-0.15, -0.1) is 0 Å². The minimum Gasteiger partial charge on any atom is -0.481 e. The van der Waals surface area contributed by atoms with Crippen molar-refractivity contribution in [1.29, 1.82) is 0 Å². The van der Waals surface area contributed by atoms with E-state index >= 15 is 0 Å². The maximum Gasteiger partial charge on any atom is 0.212 e. The summed E-state index contributed by atoms with van der Waals surface area (Å²) in [5.74, 6) is 1.50. The van der Waals surface area contributed by atoms with Crippen molar-refractivity contribution >= 4 is 16.7 Å². The number of anilines is 1. The molecule has 0 amide bonds.